The standard InChI is InChI=1S/C21H17N3O2S/c1-27(25,26)24-20-13-7-4-10-17(20)22-21(24)14-23-18-11-5-2-8-15(18)16-9-3-6-12-19(16)23/h2-13H,14H2,1H3. The molecule has 0 fully saturated rings. The van der Waals surface area contributed by atoms with Crippen molar-refractivity contribution in [2.24, 2.45) is 0 Å². The molecule has 3 aromatic carbocycles. The third-order valence-corrected chi connectivity index (χ3v) is 5.97. The van der Waals surface area contributed by atoms with E-state index in [0.29, 0.717) is 23.4 Å². The molecule has 0 aliphatic rings. The van der Waals surface area contributed by atoms with Crippen molar-refractivity contribution in [3.63, 3.8) is 0 Å². The molecule has 0 saturated carbocycles. The van der Waals surface area contributed by atoms with E-state index in [1.807, 2.05) is 42.5 Å². The van der Waals surface area contributed by atoms with E-state index in [-0.39, 0.29) is 0 Å². The molecular formula is C21H17N3O2S. The number of fused-ring (bicyclic) bond motifs is 4. The first-order valence-corrected chi connectivity index (χ1v) is 10.5. The van der Waals surface area contributed by atoms with Gasteiger partial charge in [-0.15, -0.1) is 0 Å². The van der Waals surface area contributed by atoms with Crippen molar-refractivity contribution in [3.8, 4) is 0 Å². The summed E-state index contributed by atoms with van der Waals surface area (Å²) in [5.41, 5.74) is 3.41. The Hall–Kier alpha value is -3.12. The number of nitrogens with zero attached hydrogens (tertiary/aromatic N) is 3. The van der Waals surface area contributed by atoms with E-state index in [1.165, 1.54) is 10.2 Å². The predicted octanol–water partition coefficient (Wildman–Crippen LogP) is 4.00. The molecule has 0 N–H and O–H groups in total. The maximum Gasteiger partial charge on any atom is 0.237 e. The van der Waals surface area contributed by atoms with E-state index in [2.05, 4.69) is 33.8 Å². The van der Waals surface area contributed by atoms with Gasteiger partial charge in [-0.3, -0.25) is 0 Å². The number of rotatable bonds is 3. The Balaban J connectivity index is 1.82. The molecule has 0 amide bonds. The highest BCUT2D eigenvalue weighted by Crippen LogP contribution is 2.30. The van der Waals surface area contributed by atoms with E-state index in [9.17, 15) is 8.42 Å². The number of imidazole rings is 1. The molecule has 27 heavy (non-hydrogen) atoms. The van der Waals surface area contributed by atoms with Gasteiger partial charge in [0.2, 0.25) is 10.0 Å². The van der Waals surface area contributed by atoms with Crippen LogP contribution in [0.1, 0.15) is 5.82 Å². The summed E-state index contributed by atoms with van der Waals surface area (Å²) < 4.78 is 28.5. The topological polar surface area (TPSA) is 56.9 Å². The first-order chi connectivity index (χ1) is 13.0. The highest BCUT2D eigenvalue weighted by Gasteiger charge is 2.20. The molecule has 0 atom stereocenters. The summed E-state index contributed by atoms with van der Waals surface area (Å²) in [6.45, 7) is 0.371. The van der Waals surface area contributed by atoms with E-state index in [0.717, 1.165) is 21.8 Å². The lowest BCUT2D eigenvalue weighted by atomic mass is 10.2. The average molecular weight is 375 g/mol. The fraction of sp³-hybridized carbons (Fsp3) is 0.0952. The Labute approximate surface area is 156 Å². The van der Waals surface area contributed by atoms with Crippen LogP contribution in [0.5, 0.6) is 0 Å². The van der Waals surface area contributed by atoms with Crippen LogP contribution in [0.3, 0.4) is 0 Å². The van der Waals surface area contributed by atoms with Crippen molar-refractivity contribution >= 4 is 42.9 Å². The summed E-state index contributed by atoms with van der Waals surface area (Å²) in [4.78, 5) is 4.63. The predicted molar refractivity (Wildman–Crippen MR) is 109 cm³/mol. The zero-order valence-corrected chi connectivity index (χ0v) is 15.5. The molecule has 2 heterocycles. The van der Waals surface area contributed by atoms with Gasteiger partial charge in [0.05, 0.1) is 23.8 Å². The molecule has 0 aliphatic carbocycles. The van der Waals surface area contributed by atoms with Crippen molar-refractivity contribution in [1.29, 1.82) is 0 Å². The van der Waals surface area contributed by atoms with Gasteiger partial charge in [-0.1, -0.05) is 48.5 Å². The molecule has 5 aromatic rings. The maximum absolute atomic E-state index is 12.5. The molecular weight excluding hydrogens is 358 g/mol. The van der Waals surface area contributed by atoms with Gasteiger partial charge in [0, 0.05) is 21.8 Å². The van der Waals surface area contributed by atoms with Gasteiger partial charge in [-0.2, -0.15) is 0 Å². The lowest BCUT2D eigenvalue weighted by molar-refractivity contribution is 0.591. The Morgan fingerprint density at radius 1 is 0.778 bits per heavy atom. The summed E-state index contributed by atoms with van der Waals surface area (Å²) in [6, 6.07) is 23.7. The Morgan fingerprint density at radius 3 is 1.89 bits per heavy atom. The van der Waals surface area contributed by atoms with Crippen LogP contribution in [0.25, 0.3) is 32.8 Å². The third kappa shape index (κ3) is 2.44. The molecule has 0 unspecified atom stereocenters. The van der Waals surface area contributed by atoms with Gasteiger partial charge in [-0.05, 0) is 24.3 Å². The lowest BCUT2D eigenvalue weighted by Crippen LogP contribution is -2.16. The third-order valence-electron chi connectivity index (χ3n) is 4.90. The van der Waals surface area contributed by atoms with E-state index < -0.39 is 10.0 Å². The van der Waals surface area contributed by atoms with Crippen LogP contribution in [0.4, 0.5) is 0 Å². The van der Waals surface area contributed by atoms with Crippen LogP contribution < -0.4 is 0 Å². The number of hydrogen-bond donors (Lipinski definition) is 0. The van der Waals surface area contributed by atoms with Gasteiger partial charge in [0.25, 0.3) is 0 Å². The lowest BCUT2D eigenvalue weighted by Gasteiger charge is -2.10. The fourth-order valence-corrected chi connectivity index (χ4v) is 4.83. The van der Waals surface area contributed by atoms with Crippen LogP contribution in [0.2, 0.25) is 0 Å². The molecule has 134 valence electrons. The van der Waals surface area contributed by atoms with Crippen molar-refractivity contribution in [2.45, 2.75) is 6.54 Å². The van der Waals surface area contributed by atoms with Crippen molar-refractivity contribution in [3.05, 3.63) is 78.6 Å². The summed E-state index contributed by atoms with van der Waals surface area (Å²) in [6.07, 6.45) is 1.22. The monoisotopic (exact) mass is 375 g/mol. The van der Waals surface area contributed by atoms with Crippen molar-refractivity contribution in [1.82, 2.24) is 13.5 Å². The summed E-state index contributed by atoms with van der Waals surface area (Å²) in [7, 11) is -3.49. The van der Waals surface area contributed by atoms with E-state index >= 15 is 0 Å². The van der Waals surface area contributed by atoms with Crippen molar-refractivity contribution < 1.29 is 8.42 Å². The average Bonchev–Trinajstić information content (AvgIpc) is 3.18. The van der Waals surface area contributed by atoms with Gasteiger partial charge in [-0.25, -0.2) is 17.4 Å². The number of aromatic nitrogens is 3. The summed E-state index contributed by atoms with van der Waals surface area (Å²) in [5.74, 6) is 0.505. The maximum atomic E-state index is 12.5. The zero-order valence-electron chi connectivity index (χ0n) is 14.7. The molecule has 0 spiro atoms. The molecule has 5 rings (SSSR count). The van der Waals surface area contributed by atoms with Gasteiger partial charge in [0.15, 0.2) is 0 Å². The van der Waals surface area contributed by atoms with Crippen LogP contribution in [-0.2, 0) is 16.6 Å². The quantitative estimate of drug-likeness (QED) is 0.479. The van der Waals surface area contributed by atoms with Gasteiger partial charge >= 0.3 is 0 Å². The number of para-hydroxylation sites is 4. The highest BCUT2D eigenvalue weighted by atomic mass is 32.2. The molecule has 0 radical (unpaired) electrons. The molecule has 2 aromatic heterocycles. The first kappa shape index (κ1) is 16.1. The zero-order chi connectivity index (χ0) is 18.6. The summed E-state index contributed by atoms with van der Waals surface area (Å²) >= 11 is 0. The minimum Gasteiger partial charge on any atom is -0.333 e. The Morgan fingerprint density at radius 2 is 1.30 bits per heavy atom. The molecule has 5 nitrogen and oxygen atoms in total. The first-order valence-electron chi connectivity index (χ1n) is 8.67. The van der Waals surface area contributed by atoms with Crippen molar-refractivity contribution in [2.75, 3.05) is 6.26 Å². The fourth-order valence-electron chi connectivity index (χ4n) is 3.84. The van der Waals surface area contributed by atoms with E-state index in [1.54, 1.807) is 6.07 Å². The molecule has 0 saturated heterocycles. The second-order valence-corrected chi connectivity index (χ2v) is 8.50. The van der Waals surface area contributed by atoms with Crippen LogP contribution in [0, 0.1) is 0 Å². The van der Waals surface area contributed by atoms with Crippen LogP contribution in [0.15, 0.2) is 72.8 Å². The minimum absolute atomic E-state index is 0.371. The van der Waals surface area contributed by atoms with Crippen LogP contribution in [-0.4, -0.2) is 28.2 Å². The molecule has 0 bridgehead atoms. The second kappa shape index (κ2) is 5.69. The SMILES string of the molecule is CS(=O)(=O)n1c(Cn2c3ccccc3c3ccccc32)nc2ccccc21. The van der Waals surface area contributed by atoms with E-state index in [4.69, 9.17) is 0 Å². The minimum atomic E-state index is -3.49. The Kier molecular flexibility index (Phi) is 3.39. The Bertz CT molecular complexity index is 1370. The van der Waals surface area contributed by atoms with Gasteiger partial charge in [0.1, 0.15) is 5.82 Å². The second-order valence-electron chi connectivity index (χ2n) is 6.66. The highest BCUT2D eigenvalue weighted by molar-refractivity contribution is 7.89. The largest absolute Gasteiger partial charge is 0.333 e. The molecule has 0 aliphatic heterocycles. The summed E-state index contributed by atoms with van der Waals surface area (Å²) in [5, 5.41) is 2.30. The number of hydrogen-bond acceptors (Lipinski definition) is 3. The van der Waals surface area contributed by atoms with Gasteiger partial charge < -0.3 is 4.57 Å². The smallest absolute Gasteiger partial charge is 0.237 e. The molecule has 6 heteroatoms. The number of benzene rings is 3. The van der Waals surface area contributed by atoms with Crippen LogP contribution >= 0.6 is 0 Å². The normalized spacial score (nSPS) is 12.3.